The first-order chi connectivity index (χ1) is 14.6. The lowest BCUT2D eigenvalue weighted by Gasteiger charge is -2.16. The largest absolute Gasteiger partial charge is 0.397 e. The van der Waals surface area contributed by atoms with Crippen LogP contribution in [0.1, 0.15) is 21.6 Å². The van der Waals surface area contributed by atoms with E-state index in [1.54, 1.807) is 66.7 Å². The predicted molar refractivity (Wildman–Crippen MR) is 114 cm³/mol. The molecule has 6 heteroatoms. The number of rotatable bonds is 4. The van der Waals surface area contributed by atoms with E-state index in [0.717, 1.165) is 0 Å². The number of nitriles is 1. The van der Waals surface area contributed by atoms with Crippen molar-refractivity contribution >= 4 is 11.5 Å². The van der Waals surface area contributed by atoms with Crippen LogP contribution in [-0.2, 0) is 0 Å². The molecule has 2 aromatic heterocycles. The Bertz CT molecular complexity index is 1340. The van der Waals surface area contributed by atoms with Gasteiger partial charge in [-0.1, -0.05) is 42.5 Å². The number of hydrogen-bond acceptors (Lipinski definition) is 5. The Hall–Kier alpha value is -4.50. The summed E-state index contributed by atoms with van der Waals surface area (Å²) in [6, 6.07) is 22.7. The predicted octanol–water partition coefficient (Wildman–Crippen LogP) is 3.58. The van der Waals surface area contributed by atoms with Crippen LogP contribution in [0.15, 0.2) is 90.0 Å². The van der Waals surface area contributed by atoms with Gasteiger partial charge in [0.05, 0.1) is 28.4 Å². The molecule has 0 fully saturated rings. The number of nitrogens with two attached hydrogens (primary N) is 1. The molecule has 2 aromatic carbocycles. The van der Waals surface area contributed by atoms with Gasteiger partial charge < -0.3 is 5.73 Å². The van der Waals surface area contributed by atoms with Crippen molar-refractivity contribution < 1.29 is 4.79 Å². The van der Waals surface area contributed by atoms with Crippen LogP contribution < -0.4 is 11.3 Å². The fourth-order valence-corrected chi connectivity index (χ4v) is 3.28. The van der Waals surface area contributed by atoms with Gasteiger partial charge in [-0.15, -0.1) is 0 Å². The van der Waals surface area contributed by atoms with Crippen LogP contribution in [0.3, 0.4) is 0 Å². The lowest BCUT2D eigenvalue weighted by molar-refractivity contribution is 0.103. The molecular weight excluding hydrogens is 376 g/mol. The molecule has 0 amide bonds. The van der Waals surface area contributed by atoms with E-state index in [4.69, 9.17) is 5.73 Å². The van der Waals surface area contributed by atoms with Gasteiger partial charge in [0.15, 0.2) is 0 Å². The van der Waals surface area contributed by atoms with Crippen molar-refractivity contribution in [3.63, 3.8) is 0 Å². The summed E-state index contributed by atoms with van der Waals surface area (Å²) < 4.78 is 1.37. The lowest BCUT2D eigenvalue weighted by Crippen LogP contribution is -2.24. The van der Waals surface area contributed by atoms with Crippen LogP contribution >= 0.6 is 0 Å². The molecule has 0 aliphatic heterocycles. The van der Waals surface area contributed by atoms with Gasteiger partial charge in [-0.2, -0.15) is 5.26 Å². The standard InChI is InChI=1S/C24H16N4O2/c25-14-16-8-4-5-11-18(16)21-22(26)19(23(29)20-12-6-7-13-27-20)15-28(24(21)30)17-9-2-1-3-10-17/h1-13,15H,26H2. The highest BCUT2D eigenvalue weighted by Gasteiger charge is 2.23. The van der Waals surface area contributed by atoms with Crippen molar-refractivity contribution in [1.29, 1.82) is 5.26 Å². The Kier molecular flexibility index (Phi) is 4.93. The first-order valence-corrected chi connectivity index (χ1v) is 9.17. The van der Waals surface area contributed by atoms with Crippen molar-refractivity contribution in [1.82, 2.24) is 9.55 Å². The molecule has 2 heterocycles. The summed E-state index contributed by atoms with van der Waals surface area (Å²) >= 11 is 0. The smallest absolute Gasteiger partial charge is 0.265 e. The van der Waals surface area contributed by atoms with Crippen LogP contribution in [0.5, 0.6) is 0 Å². The molecule has 0 bridgehead atoms. The number of ketones is 1. The minimum Gasteiger partial charge on any atom is -0.397 e. The highest BCUT2D eigenvalue weighted by atomic mass is 16.1. The van der Waals surface area contributed by atoms with Crippen LogP contribution in [0.2, 0.25) is 0 Å². The summed E-state index contributed by atoms with van der Waals surface area (Å²) in [7, 11) is 0. The first kappa shape index (κ1) is 18.8. The molecule has 0 atom stereocenters. The minimum absolute atomic E-state index is 0.0190. The normalized spacial score (nSPS) is 10.4. The van der Waals surface area contributed by atoms with Crippen LogP contribution in [0.4, 0.5) is 5.69 Å². The van der Waals surface area contributed by atoms with E-state index in [1.807, 2.05) is 6.07 Å². The van der Waals surface area contributed by atoms with Crippen molar-refractivity contribution in [2.45, 2.75) is 0 Å². The molecule has 2 N–H and O–H groups in total. The SMILES string of the molecule is N#Cc1ccccc1-c1c(N)c(C(=O)c2ccccn2)cn(-c2ccccc2)c1=O. The van der Waals surface area contributed by atoms with E-state index >= 15 is 0 Å². The molecular formula is C24H16N4O2. The molecule has 0 aliphatic rings. The quantitative estimate of drug-likeness (QED) is 0.535. The fourth-order valence-electron chi connectivity index (χ4n) is 3.28. The van der Waals surface area contributed by atoms with Gasteiger partial charge in [0.2, 0.25) is 5.78 Å². The molecule has 0 aliphatic carbocycles. The summed E-state index contributed by atoms with van der Waals surface area (Å²) in [6.45, 7) is 0. The van der Waals surface area contributed by atoms with Crippen molar-refractivity contribution in [2.75, 3.05) is 5.73 Å². The number of anilines is 1. The monoisotopic (exact) mass is 392 g/mol. The topological polar surface area (TPSA) is 102 Å². The van der Waals surface area contributed by atoms with Gasteiger partial charge in [-0.3, -0.25) is 19.1 Å². The number of pyridine rings is 2. The van der Waals surface area contributed by atoms with Crippen LogP contribution in [0, 0.1) is 11.3 Å². The fraction of sp³-hybridized carbons (Fsp3) is 0. The first-order valence-electron chi connectivity index (χ1n) is 9.17. The van der Waals surface area contributed by atoms with Gasteiger partial charge in [0.1, 0.15) is 5.69 Å². The van der Waals surface area contributed by atoms with Gasteiger partial charge in [0, 0.05) is 23.6 Å². The van der Waals surface area contributed by atoms with E-state index in [1.165, 1.54) is 17.0 Å². The third kappa shape index (κ3) is 3.25. The second-order valence-electron chi connectivity index (χ2n) is 6.54. The number of para-hydroxylation sites is 1. The maximum atomic E-state index is 13.4. The zero-order chi connectivity index (χ0) is 21.1. The van der Waals surface area contributed by atoms with E-state index in [9.17, 15) is 14.9 Å². The summed E-state index contributed by atoms with van der Waals surface area (Å²) in [6.07, 6.45) is 2.95. The number of benzene rings is 2. The summed E-state index contributed by atoms with van der Waals surface area (Å²) in [5, 5.41) is 9.53. The Morgan fingerprint density at radius 1 is 0.967 bits per heavy atom. The van der Waals surface area contributed by atoms with Crippen LogP contribution in [-0.4, -0.2) is 15.3 Å². The highest BCUT2D eigenvalue weighted by molar-refractivity contribution is 6.12. The van der Waals surface area contributed by atoms with Crippen LogP contribution in [0.25, 0.3) is 16.8 Å². The Morgan fingerprint density at radius 2 is 1.67 bits per heavy atom. The maximum Gasteiger partial charge on any atom is 0.265 e. The Balaban J connectivity index is 2.06. The molecule has 0 spiro atoms. The van der Waals surface area contributed by atoms with Gasteiger partial charge in [0.25, 0.3) is 5.56 Å². The minimum atomic E-state index is -0.418. The molecule has 0 unspecified atom stereocenters. The second kappa shape index (κ2) is 7.86. The second-order valence-corrected chi connectivity index (χ2v) is 6.54. The molecule has 4 aromatic rings. The molecule has 30 heavy (non-hydrogen) atoms. The van der Waals surface area contributed by atoms with Crippen molar-refractivity contribution in [2.24, 2.45) is 0 Å². The number of carbonyl (C=O) groups is 1. The van der Waals surface area contributed by atoms with Crippen molar-refractivity contribution in [3.05, 3.63) is 112 Å². The summed E-state index contributed by atoms with van der Waals surface area (Å²) in [5.41, 5.74) is 7.66. The van der Waals surface area contributed by atoms with E-state index in [-0.39, 0.29) is 22.5 Å². The molecule has 4 rings (SSSR count). The van der Waals surface area contributed by atoms with E-state index in [2.05, 4.69) is 11.1 Å². The number of nitrogens with zero attached hydrogens (tertiary/aromatic N) is 3. The molecule has 144 valence electrons. The van der Waals surface area contributed by atoms with Gasteiger partial charge in [-0.05, 0) is 30.3 Å². The number of hydrogen-bond donors (Lipinski definition) is 1. The third-order valence-electron chi connectivity index (χ3n) is 4.74. The number of nitrogen functional groups attached to an aromatic ring is 1. The third-order valence-corrected chi connectivity index (χ3v) is 4.74. The Labute approximate surface area is 172 Å². The van der Waals surface area contributed by atoms with Gasteiger partial charge in [-0.25, -0.2) is 0 Å². The maximum absolute atomic E-state index is 13.4. The van der Waals surface area contributed by atoms with Gasteiger partial charge >= 0.3 is 0 Å². The average molecular weight is 392 g/mol. The summed E-state index contributed by atoms with van der Waals surface area (Å²) in [4.78, 5) is 30.7. The molecule has 6 nitrogen and oxygen atoms in total. The summed E-state index contributed by atoms with van der Waals surface area (Å²) in [5.74, 6) is -0.409. The van der Waals surface area contributed by atoms with Crippen molar-refractivity contribution in [3.8, 4) is 22.9 Å². The Morgan fingerprint density at radius 3 is 2.37 bits per heavy atom. The number of carbonyl (C=O) groups excluding carboxylic acids is 1. The highest BCUT2D eigenvalue weighted by Crippen LogP contribution is 2.29. The zero-order valence-electron chi connectivity index (χ0n) is 15.8. The molecule has 0 saturated heterocycles. The average Bonchev–Trinajstić information content (AvgIpc) is 2.80. The molecule has 0 radical (unpaired) electrons. The zero-order valence-corrected chi connectivity index (χ0v) is 15.8. The lowest BCUT2D eigenvalue weighted by atomic mass is 9.96. The van der Waals surface area contributed by atoms with E-state index in [0.29, 0.717) is 16.8 Å². The molecule has 0 saturated carbocycles. The number of aromatic nitrogens is 2. The van der Waals surface area contributed by atoms with E-state index < -0.39 is 11.3 Å².